The second kappa shape index (κ2) is 9.24. The van der Waals surface area contributed by atoms with Gasteiger partial charge in [0.05, 0.1) is 39.5 Å². The molecule has 0 amide bonds. The Balaban J connectivity index is 1.60. The first-order valence-corrected chi connectivity index (χ1v) is 10.6. The van der Waals surface area contributed by atoms with Crippen molar-refractivity contribution in [3.05, 3.63) is 70.8 Å². The van der Waals surface area contributed by atoms with Crippen molar-refractivity contribution in [1.29, 1.82) is 0 Å². The summed E-state index contributed by atoms with van der Waals surface area (Å²) in [5.41, 5.74) is 10.4. The number of aliphatic hydroxyl groups is 2. The second-order valence-electron chi connectivity index (χ2n) is 8.05. The lowest BCUT2D eigenvalue weighted by Crippen LogP contribution is -2.37. The van der Waals surface area contributed by atoms with Crippen molar-refractivity contribution in [2.75, 3.05) is 34.0 Å². The Morgan fingerprint density at radius 3 is 2.42 bits per heavy atom. The molecule has 0 saturated carbocycles. The SMILES string of the molecule is COc1cc2c(cc1OC)C(CO)N(Cc1ccc3cc(C(N)CO)ccc3c1)CC2. The summed E-state index contributed by atoms with van der Waals surface area (Å²) in [4.78, 5) is 2.31. The normalized spacial score (nSPS) is 17.4. The number of benzene rings is 3. The fraction of sp³-hybridized carbons (Fsp3) is 0.360. The van der Waals surface area contributed by atoms with E-state index >= 15 is 0 Å². The van der Waals surface area contributed by atoms with E-state index in [0.29, 0.717) is 5.75 Å². The molecule has 2 unspecified atom stereocenters. The van der Waals surface area contributed by atoms with Crippen molar-refractivity contribution in [2.24, 2.45) is 5.73 Å². The van der Waals surface area contributed by atoms with E-state index in [1.165, 1.54) is 11.1 Å². The van der Waals surface area contributed by atoms with Crippen LogP contribution in [0.4, 0.5) is 0 Å². The van der Waals surface area contributed by atoms with E-state index in [9.17, 15) is 10.2 Å². The zero-order valence-corrected chi connectivity index (χ0v) is 18.0. The lowest BCUT2D eigenvalue weighted by atomic mass is 9.91. The minimum Gasteiger partial charge on any atom is -0.493 e. The highest BCUT2D eigenvalue weighted by Gasteiger charge is 2.28. The third-order valence-electron chi connectivity index (χ3n) is 6.23. The number of methoxy groups -OCH3 is 2. The van der Waals surface area contributed by atoms with Crippen LogP contribution in [-0.4, -0.2) is 49.1 Å². The standard InChI is InChI=1S/C25H30N2O4/c1-30-24-11-19-7-8-27(23(15-29)21(19)12-25(24)31-2)13-16-3-4-18-10-20(22(26)14-28)6-5-17(18)9-16/h3-6,9-12,22-23,28-29H,7-8,13-15,26H2,1-2H3. The topological polar surface area (TPSA) is 88.2 Å². The van der Waals surface area contributed by atoms with Gasteiger partial charge in [0.25, 0.3) is 0 Å². The fourth-order valence-electron chi connectivity index (χ4n) is 4.47. The summed E-state index contributed by atoms with van der Waals surface area (Å²) in [5, 5.41) is 21.7. The highest BCUT2D eigenvalue weighted by Crippen LogP contribution is 2.38. The zero-order chi connectivity index (χ0) is 22.0. The van der Waals surface area contributed by atoms with Crippen molar-refractivity contribution in [3.8, 4) is 11.5 Å². The molecule has 1 aliphatic rings. The summed E-state index contributed by atoms with van der Waals surface area (Å²) in [6.07, 6.45) is 0.891. The van der Waals surface area contributed by atoms with Crippen LogP contribution in [0.1, 0.15) is 34.3 Å². The third kappa shape index (κ3) is 4.25. The number of fused-ring (bicyclic) bond motifs is 2. The molecule has 4 rings (SSSR count). The predicted octanol–water partition coefficient (Wildman–Crippen LogP) is 2.94. The van der Waals surface area contributed by atoms with Crippen LogP contribution in [0.3, 0.4) is 0 Å². The summed E-state index contributed by atoms with van der Waals surface area (Å²) in [5.74, 6) is 1.41. The highest BCUT2D eigenvalue weighted by atomic mass is 16.5. The molecule has 6 nitrogen and oxygen atoms in total. The van der Waals surface area contributed by atoms with Gasteiger partial charge in [-0.15, -0.1) is 0 Å². The van der Waals surface area contributed by atoms with Crippen LogP contribution in [0.15, 0.2) is 48.5 Å². The number of rotatable bonds is 7. The first-order valence-electron chi connectivity index (χ1n) is 10.6. The average Bonchev–Trinajstić information content (AvgIpc) is 2.82. The number of nitrogens with zero attached hydrogens (tertiary/aromatic N) is 1. The number of aliphatic hydroxyl groups excluding tert-OH is 2. The van der Waals surface area contributed by atoms with E-state index in [1.54, 1.807) is 14.2 Å². The summed E-state index contributed by atoms with van der Waals surface area (Å²) in [6.45, 7) is 1.57. The van der Waals surface area contributed by atoms with E-state index in [-0.39, 0.29) is 25.3 Å². The van der Waals surface area contributed by atoms with Crippen LogP contribution in [0.2, 0.25) is 0 Å². The van der Waals surface area contributed by atoms with Gasteiger partial charge in [-0.25, -0.2) is 0 Å². The summed E-state index contributed by atoms with van der Waals surface area (Å²) < 4.78 is 10.9. The fourth-order valence-corrected chi connectivity index (χ4v) is 4.47. The Labute approximate surface area is 182 Å². The zero-order valence-electron chi connectivity index (χ0n) is 18.0. The Hall–Kier alpha value is -2.64. The lowest BCUT2D eigenvalue weighted by Gasteiger charge is -2.37. The molecule has 0 bridgehead atoms. The molecule has 0 saturated heterocycles. The molecule has 4 N–H and O–H groups in total. The van der Waals surface area contributed by atoms with Gasteiger partial charge in [-0.2, -0.15) is 0 Å². The minimum atomic E-state index is -0.363. The van der Waals surface area contributed by atoms with Crippen LogP contribution in [-0.2, 0) is 13.0 Å². The predicted molar refractivity (Wildman–Crippen MR) is 121 cm³/mol. The van der Waals surface area contributed by atoms with Gasteiger partial charge in [-0.05, 0) is 63.7 Å². The number of hydrogen-bond acceptors (Lipinski definition) is 6. The number of nitrogens with two attached hydrogens (primary N) is 1. The smallest absolute Gasteiger partial charge is 0.161 e. The van der Waals surface area contributed by atoms with Crippen LogP contribution >= 0.6 is 0 Å². The third-order valence-corrected chi connectivity index (χ3v) is 6.23. The highest BCUT2D eigenvalue weighted by molar-refractivity contribution is 5.84. The maximum Gasteiger partial charge on any atom is 0.161 e. The molecule has 3 aromatic carbocycles. The average molecular weight is 423 g/mol. The van der Waals surface area contributed by atoms with Crippen LogP contribution < -0.4 is 15.2 Å². The quantitative estimate of drug-likeness (QED) is 0.543. The molecule has 31 heavy (non-hydrogen) atoms. The van der Waals surface area contributed by atoms with Crippen molar-refractivity contribution in [3.63, 3.8) is 0 Å². The van der Waals surface area contributed by atoms with E-state index < -0.39 is 0 Å². The summed E-state index contributed by atoms with van der Waals surface area (Å²) >= 11 is 0. The van der Waals surface area contributed by atoms with Gasteiger partial charge in [-0.3, -0.25) is 4.90 Å². The molecule has 0 aliphatic carbocycles. The minimum absolute atomic E-state index is 0.0402. The summed E-state index contributed by atoms with van der Waals surface area (Å²) in [6, 6.07) is 16.0. The maximum absolute atomic E-state index is 10.2. The summed E-state index contributed by atoms with van der Waals surface area (Å²) in [7, 11) is 3.27. The molecule has 1 heterocycles. The molecule has 164 valence electrons. The molecular weight excluding hydrogens is 392 g/mol. The second-order valence-corrected chi connectivity index (χ2v) is 8.05. The van der Waals surface area contributed by atoms with Crippen LogP contribution in [0.25, 0.3) is 10.8 Å². The molecule has 0 fully saturated rings. The van der Waals surface area contributed by atoms with Crippen LogP contribution in [0.5, 0.6) is 11.5 Å². The van der Waals surface area contributed by atoms with E-state index in [4.69, 9.17) is 15.2 Å². The maximum atomic E-state index is 10.2. The monoisotopic (exact) mass is 422 g/mol. The Morgan fingerprint density at radius 2 is 1.71 bits per heavy atom. The molecule has 3 aromatic rings. The Morgan fingerprint density at radius 1 is 1.00 bits per heavy atom. The van der Waals surface area contributed by atoms with Crippen molar-refractivity contribution >= 4 is 10.8 Å². The van der Waals surface area contributed by atoms with Gasteiger partial charge in [0.15, 0.2) is 11.5 Å². The molecule has 6 heteroatoms. The number of hydrogen-bond donors (Lipinski definition) is 3. The van der Waals surface area contributed by atoms with E-state index in [1.807, 2.05) is 24.3 Å². The molecule has 1 aliphatic heterocycles. The van der Waals surface area contributed by atoms with Gasteiger partial charge in [0, 0.05) is 13.1 Å². The van der Waals surface area contributed by atoms with E-state index in [0.717, 1.165) is 47.2 Å². The van der Waals surface area contributed by atoms with Gasteiger partial charge >= 0.3 is 0 Å². The van der Waals surface area contributed by atoms with Gasteiger partial charge in [0.2, 0.25) is 0 Å². The first kappa shape index (κ1) is 21.6. The van der Waals surface area contributed by atoms with Crippen molar-refractivity contribution in [1.82, 2.24) is 4.90 Å². The van der Waals surface area contributed by atoms with Gasteiger partial charge in [-0.1, -0.05) is 24.3 Å². The number of ether oxygens (including phenoxy) is 2. The van der Waals surface area contributed by atoms with Crippen molar-refractivity contribution < 1.29 is 19.7 Å². The van der Waals surface area contributed by atoms with Gasteiger partial charge < -0.3 is 25.4 Å². The van der Waals surface area contributed by atoms with Crippen LogP contribution in [0, 0.1) is 0 Å². The lowest BCUT2D eigenvalue weighted by molar-refractivity contribution is 0.108. The van der Waals surface area contributed by atoms with Gasteiger partial charge in [0.1, 0.15) is 0 Å². The molecule has 0 spiro atoms. The molecule has 0 radical (unpaired) electrons. The molecule has 0 aromatic heterocycles. The molecule has 2 atom stereocenters. The Kier molecular flexibility index (Phi) is 6.43. The molecular formula is C25H30N2O4. The Bertz CT molecular complexity index is 1070. The van der Waals surface area contributed by atoms with Crippen molar-refractivity contribution in [2.45, 2.75) is 25.0 Å². The first-order chi connectivity index (χ1) is 15.1. The largest absolute Gasteiger partial charge is 0.493 e. The van der Waals surface area contributed by atoms with E-state index in [2.05, 4.69) is 29.2 Å².